The lowest BCUT2D eigenvalue weighted by Crippen LogP contribution is -2.05. The molecule has 0 radical (unpaired) electrons. The third-order valence-electron chi connectivity index (χ3n) is 1.02. The zero-order valence-electron chi connectivity index (χ0n) is 5.36. The number of alkyl halides is 3. The van der Waals surface area contributed by atoms with Gasteiger partial charge in [0.25, 0.3) is 0 Å². The van der Waals surface area contributed by atoms with Gasteiger partial charge in [-0.05, 0) is 0 Å². The van der Waals surface area contributed by atoms with Gasteiger partial charge < -0.3 is 0 Å². The van der Waals surface area contributed by atoms with Crippen molar-refractivity contribution < 1.29 is 0 Å². The van der Waals surface area contributed by atoms with E-state index in [-0.39, 0.29) is 15.9 Å². The van der Waals surface area contributed by atoms with Crippen molar-refractivity contribution >= 4 is 58.0 Å². The number of rotatable bonds is 0. The molecule has 0 aliphatic carbocycles. The quantitative estimate of drug-likeness (QED) is 0.529. The van der Waals surface area contributed by atoms with Gasteiger partial charge in [-0.3, -0.25) is 0 Å². The van der Waals surface area contributed by atoms with Crippen molar-refractivity contribution in [1.29, 1.82) is 0 Å². The van der Waals surface area contributed by atoms with Crippen molar-refractivity contribution in [2.45, 2.75) is 3.79 Å². The molecule has 0 amide bonds. The molecule has 1 aromatic heterocycles. The van der Waals surface area contributed by atoms with Crippen LogP contribution in [0.15, 0.2) is 6.33 Å². The number of nitrogens with zero attached hydrogens (tertiary/aromatic N) is 2. The van der Waals surface area contributed by atoms with Gasteiger partial charge in [0.1, 0.15) is 17.0 Å². The highest BCUT2D eigenvalue weighted by molar-refractivity contribution is 6.67. The summed E-state index contributed by atoms with van der Waals surface area (Å²) in [6, 6.07) is 0. The maximum Gasteiger partial charge on any atom is 0.234 e. The Bertz CT molecular complexity index is 294. The van der Waals surface area contributed by atoms with E-state index in [9.17, 15) is 0 Å². The van der Waals surface area contributed by atoms with Crippen LogP contribution in [0, 0.1) is 0 Å². The van der Waals surface area contributed by atoms with Crippen LogP contribution in [-0.4, -0.2) is 9.97 Å². The van der Waals surface area contributed by atoms with Crippen LogP contribution in [0.3, 0.4) is 0 Å². The highest BCUT2D eigenvalue weighted by atomic mass is 35.6. The van der Waals surface area contributed by atoms with Crippen LogP contribution >= 0.6 is 58.0 Å². The van der Waals surface area contributed by atoms with E-state index in [1.165, 1.54) is 6.33 Å². The smallest absolute Gasteiger partial charge is 0.234 e. The van der Waals surface area contributed by atoms with E-state index in [4.69, 9.17) is 58.0 Å². The largest absolute Gasteiger partial charge is 0.235 e. The fraction of sp³-hybridized carbons (Fsp3) is 0.200. The normalized spacial score (nSPS) is 11.8. The fourth-order valence-electron chi connectivity index (χ4n) is 0.546. The van der Waals surface area contributed by atoms with E-state index in [0.717, 1.165) is 0 Å². The molecule has 0 bridgehead atoms. The Morgan fingerprint density at radius 1 is 1.08 bits per heavy atom. The molecule has 0 aromatic carbocycles. The standard InChI is InChI=1S/C5HCl5N2/c6-2-3(5(8,9)10)11-1-12-4(2)7/h1H. The van der Waals surface area contributed by atoms with E-state index in [0.29, 0.717) is 0 Å². The molecule has 0 saturated carbocycles. The topological polar surface area (TPSA) is 25.8 Å². The van der Waals surface area contributed by atoms with Crippen molar-refractivity contribution in [2.75, 3.05) is 0 Å². The van der Waals surface area contributed by atoms with Gasteiger partial charge in [-0.2, -0.15) is 0 Å². The van der Waals surface area contributed by atoms with Crippen molar-refractivity contribution in [3.05, 3.63) is 22.2 Å². The van der Waals surface area contributed by atoms with Crippen molar-refractivity contribution in [3.8, 4) is 0 Å². The van der Waals surface area contributed by atoms with Crippen LogP contribution in [0.2, 0.25) is 10.2 Å². The van der Waals surface area contributed by atoms with E-state index in [1.54, 1.807) is 0 Å². The number of aromatic nitrogens is 2. The molecular weight excluding hydrogens is 265 g/mol. The minimum atomic E-state index is -1.68. The summed E-state index contributed by atoms with van der Waals surface area (Å²) in [6.07, 6.45) is 1.17. The summed E-state index contributed by atoms with van der Waals surface area (Å²) in [5.41, 5.74) is 0.0779. The summed E-state index contributed by atoms with van der Waals surface area (Å²) in [6.45, 7) is 0. The maximum absolute atomic E-state index is 5.67. The summed E-state index contributed by atoms with van der Waals surface area (Å²) >= 11 is 27.8. The van der Waals surface area contributed by atoms with Crippen LogP contribution in [0.4, 0.5) is 0 Å². The third-order valence-corrected chi connectivity index (χ3v) is 2.29. The van der Waals surface area contributed by atoms with Crippen molar-refractivity contribution in [2.24, 2.45) is 0 Å². The summed E-state index contributed by atoms with van der Waals surface area (Å²) in [5.74, 6) is 0. The van der Waals surface area contributed by atoms with Gasteiger partial charge in [-0.1, -0.05) is 58.0 Å². The Hall–Kier alpha value is 0.530. The van der Waals surface area contributed by atoms with Gasteiger partial charge in [0.2, 0.25) is 3.79 Å². The molecule has 66 valence electrons. The monoisotopic (exact) mass is 264 g/mol. The number of hydrogen-bond acceptors (Lipinski definition) is 2. The van der Waals surface area contributed by atoms with Gasteiger partial charge in [-0.15, -0.1) is 0 Å². The van der Waals surface area contributed by atoms with E-state index in [1.807, 2.05) is 0 Å². The first kappa shape index (κ1) is 10.6. The minimum absolute atomic E-state index is 0.0548. The molecule has 2 nitrogen and oxygen atoms in total. The lowest BCUT2D eigenvalue weighted by atomic mass is 10.4. The summed E-state index contributed by atoms with van der Waals surface area (Å²) < 4.78 is -1.68. The number of halogens is 5. The first-order valence-corrected chi connectivity index (χ1v) is 4.55. The molecule has 7 heteroatoms. The molecule has 0 fully saturated rings. The molecule has 0 saturated heterocycles. The van der Waals surface area contributed by atoms with Gasteiger partial charge >= 0.3 is 0 Å². The first-order chi connectivity index (χ1) is 5.43. The Kier molecular flexibility index (Phi) is 3.29. The lowest BCUT2D eigenvalue weighted by molar-refractivity contribution is 1.03. The van der Waals surface area contributed by atoms with Crippen LogP contribution in [0.25, 0.3) is 0 Å². The lowest BCUT2D eigenvalue weighted by Gasteiger charge is -2.11. The highest BCUT2D eigenvalue weighted by Gasteiger charge is 2.28. The Balaban J connectivity index is 3.26. The zero-order valence-corrected chi connectivity index (χ0v) is 9.14. The Morgan fingerprint density at radius 3 is 2.08 bits per heavy atom. The molecule has 1 aromatic rings. The Morgan fingerprint density at radius 2 is 1.67 bits per heavy atom. The van der Waals surface area contributed by atoms with E-state index < -0.39 is 3.79 Å². The Labute approximate surface area is 93.8 Å². The summed E-state index contributed by atoms with van der Waals surface area (Å²) in [7, 11) is 0. The molecule has 0 N–H and O–H groups in total. The fourth-order valence-corrected chi connectivity index (χ4v) is 1.49. The molecular formula is C5HCl5N2. The van der Waals surface area contributed by atoms with E-state index in [2.05, 4.69) is 9.97 Å². The highest BCUT2D eigenvalue weighted by Crippen LogP contribution is 2.41. The predicted molar refractivity (Wildman–Crippen MR) is 51.3 cm³/mol. The SMILES string of the molecule is Clc1ncnc(C(Cl)(Cl)Cl)c1Cl. The predicted octanol–water partition coefficient (Wildman–Crippen LogP) is 3.61. The second-order valence-corrected chi connectivity index (χ2v) is 4.84. The van der Waals surface area contributed by atoms with E-state index >= 15 is 0 Å². The molecule has 1 heterocycles. The molecule has 1 rings (SSSR count). The van der Waals surface area contributed by atoms with Crippen molar-refractivity contribution in [3.63, 3.8) is 0 Å². The molecule has 0 aliphatic heterocycles. The van der Waals surface area contributed by atoms with Crippen LogP contribution in [-0.2, 0) is 3.79 Å². The molecule has 0 atom stereocenters. The van der Waals surface area contributed by atoms with Crippen LogP contribution in [0.5, 0.6) is 0 Å². The van der Waals surface area contributed by atoms with Gasteiger partial charge in [-0.25, -0.2) is 9.97 Å². The second-order valence-electron chi connectivity index (χ2n) is 1.82. The van der Waals surface area contributed by atoms with Crippen molar-refractivity contribution in [1.82, 2.24) is 9.97 Å². The zero-order chi connectivity index (χ0) is 9.35. The molecule has 0 aliphatic rings. The van der Waals surface area contributed by atoms with Gasteiger partial charge in [0, 0.05) is 0 Å². The average Bonchev–Trinajstić information content (AvgIpc) is 1.92. The van der Waals surface area contributed by atoms with Gasteiger partial charge in [0.15, 0.2) is 5.15 Å². The van der Waals surface area contributed by atoms with Gasteiger partial charge in [0.05, 0.1) is 0 Å². The number of hydrogen-bond donors (Lipinski definition) is 0. The molecule has 12 heavy (non-hydrogen) atoms. The third kappa shape index (κ3) is 2.27. The molecule has 0 unspecified atom stereocenters. The molecule has 0 spiro atoms. The maximum atomic E-state index is 5.67. The van der Waals surface area contributed by atoms with Crippen LogP contribution in [0.1, 0.15) is 5.69 Å². The summed E-state index contributed by atoms with van der Waals surface area (Å²) in [5, 5.41) is 0.118. The average molecular weight is 266 g/mol. The first-order valence-electron chi connectivity index (χ1n) is 2.66. The van der Waals surface area contributed by atoms with Crippen LogP contribution < -0.4 is 0 Å². The minimum Gasteiger partial charge on any atom is -0.235 e. The summed E-state index contributed by atoms with van der Waals surface area (Å²) in [4.78, 5) is 7.29. The second kappa shape index (κ2) is 3.72.